The van der Waals surface area contributed by atoms with Crippen LogP contribution in [0.5, 0.6) is 0 Å². The quantitative estimate of drug-likeness (QED) is 0.254. The second-order valence-corrected chi connectivity index (χ2v) is 9.79. The molecule has 0 aliphatic heterocycles. The van der Waals surface area contributed by atoms with Crippen LogP contribution < -0.4 is 4.31 Å². The average Bonchev–Trinajstić information content (AvgIpc) is 3.36. The molecule has 0 fully saturated rings. The third-order valence-corrected chi connectivity index (χ3v) is 7.10. The molecule has 0 spiro atoms. The van der Waals surface area contributed by atoms with Crippen LogP contribution in [-0.2, 0) is 21.2 Å². The van der Waals surface area contributed by atoms with Gasteiger partial charge in [0.05, 0.1) is 22.8 Å². The zero-order valence-electron chi connectivity index (χ0n) is 19.3. The summed E-state index contributed by atoms with van der Waals surface area (Å²) in [5, 5.41) is 3.93. The van der Waals surface area contributed by atoms with Crippen molar-refractivity contribution in [2.75, 3.05) is 18.0 Å². The summed E-state index contributed by atoms with van der Waals surface area (Å²) in [5.74, 6) is 0.406. The van der Waals surface area contributed by atoms with Crippen LogP contribution in [0.3, 0.4) is 0 Å². The largest absolute Gasteiger partial charge is 0.462 e. The number of rotatable bonds is 9. The predicted octanol–water partition coefficient (Wildman–Crippen LogP) is 4.05. The highest BCUT2D eigenvalue weighted by atomic mass is 32.2. The Morgan fingerprint density at radius 1 is 1.06 bits per heavy atom. The molecule has 0 saturated heterocycles. The van der Waals surface area contributed by atoms with E-state index in [1.165, 1.54) is 23.5 Å². The summed E-state index contributed by atoms with van der Waals surface area (Å²) in [4.78, 5) is 20.9. The Morgan fingerprint density at radius 3 is 2.49 bits per heavy atom. The van der Waals surface area contributed by atoms with Gasteiger partial charge in [0.1, 0.15) is 0 Å². The molecule has 0 amide bonds. The number of hydrogen-bond donors (Lipinski definition) is 0. The van der Waals surface area contributed by atoms with Gasteiger partial charge in [-0.1, -0.05) is 22.9 Å². The van der Waals surface area contributed by atoms with E-state index in [0.29, 0.717) is 35.8 Å². The highest BCUT2D eigenvalue weighted by Gasteiger charge is 2.21. The van der Waals surface area contributed by atoms with Gasteiger partial charge in [-0.3, -0.25) is 9.29 Å². The molecule has 0 N–H and O–H groups in total. The summed E-state index contributed by atoms with van der Waals surface area (Å²) >= 11 is 0. The number of esters is 1. The number of ether oxygens (including phenoxy) is 1. The lowest BCUT2D eigenvalue weighted by Crippen LogP contribution is -2.26. The van der Waals surface area contributed by atoms with Crippen LogP contribution in [0.25, 0.3) is 11.4 Å². The highest BCUT2D eigenvalue weighted by molar-refractivity contribution is 7.92. The number of hydrogen-bond acceptors (Lipinski definition) is 8. The van der Waals surface area contributed by atoms with Crippen LogP contribution in [-0.4, -0.2) is 43.2 Å². The summed E-state index contributed by atoms with van der Waals surface area (Å²) in [6.45, 7) is 2.07. The first kappa shape index (κ1) is 24.1. The van der Waals surface area contributed by atoms with Gasteiger partial charge in [0.25, 0.3) is 10.0 Å². The zero-order chi connectivity index (χ0) is 24.8. The van der Waals surface area contributed by atoms with Gasteiger partial charge in [-0.2, -0.15) is 4.98 Å². The van der Waals surface area contributed by atoms with E-state index in [-0.39, 0.29) is 11.5 Å². The van der Waals surface area contributed by atoms with Crippen LogP contribution >= 0.6 is 0 Å². The Morgan fingerprint density at radius 2 is 1.80 bits per heavy atom. The first-order valence-corrected chi connectivity index (χ1v) is 12.3. The summed E-state index contributed by atoms with van der Waals surface area (Å²) in [7, 11) is -2.24. The maximum atomic E-state index is 12.9. The summed E-state index contributed by atoms with van der Waals surface area (Å²) in [5.41, 5.74) is 2.49. The maximum absolute atomic E-state index is 12.9. The number of carbonyl (C=O) groups is 1. The lowest BCUT2D eigenvalue weighted by atomic mass is 10.2. The number of nitrogens with zero attached hydrogens (tertiary/aromatic N) is 4. The lowest BCUT2D eigenvalue weighted by Gasteiger charge is -2.19. The maximum Gasteiger partial charge on any atom is 0.338 e. The molecule has 35 heavy (non-hydrogen) atoms. The van der Waals surface area contributed by atoms with E-state index in [0.717, 1.165) is 11.1 Å². The van der Waals surface area contributed by atoms with Crippen molar-refractivity contribution in [1.82, 2.24) is 15.1 Å². The normalized spacial score (nSPS) is 11.3. The second kappa shape index (κ2) is 10.5. The van der Waals surface area contributed by atoms with Crippen LogP contribution in [0.1, 0.15) is 28.2 Å². The van der Waals surface area contributed by atoms with Crippen LogP contribution in [0.2, 0.25) is 0 Å². The van der Waals surface area contributed by atoms with Crippen molar-refractivity contribution >= 4 is 21.7 Å². The fourth-order valence-electron chi connectivity index (χ4n) is 3.25. The van der Waals surface area contributed by atoms with Crippen LogP contribution in [0.15, 0.2) is 82.5 Å². The number of carbonyl (C=O) groups excluding carboxylic acids is 1. The van der Waals surface area contributed by atoms with Gasteiger partial charge < -0.3 is 9.26 Å². The Balaban J connectivity index is 1.29. The van der Waals surface area contributed by atoms with Gasteiger partial charge >= 0.3 is 5.97 Å². The Kier molecular flexibility index (Phi) is 7.21. The molecular formula is C25H24N4O5S. The van der Waals surface area contributed by atoms with E-state index in [1.54, 1.807) is 54.9 Å². The molecule has 2 heterocycles. The average molecular weight is 493 g/mol. The predicted molar refractivity (Wildman–Crippen MR) is 129 cm³/mol. The van der Waals surface area contributed by atoms with Crippen molar-refractivity contribution in [1.29, 1.82) is 0 Å². The van der Waals surface area contributed by atoms with Gasteiger partial charge in [-0.25, -0.2) is 13.2 Å². The van der Waals surface area contributed by atoms with E-state index in [9.17, 15) is 13.2 Å². The van der Waals surface area contributed by atoms with Crippen LogP contribution in [0.4, 0.5) is 5.69 Å². The van der Waals surface area contributed by atoms with Crippen LogP contribution in [0, 0.1) is 6.92 Å². The fourth-order valence-corrected chi connectivity index (χ4v) is 4.45. The lowest BCUT2D eigenvalue weighted by molar-refractivity contribution is 0.0498. The van der Waals surface area contributed by atoms with Crippen molar-refractivity contribution in [3.8, 4) is 11.4 Å². The molecule has 0 unspecified atom stereocenters. The first-order valence-electron chi connectivity index (χ1n) is 10.9. The van der Waals surface area contributed by atoms with E-state index < -0.39 is 16.0 Å². The molecule has 0 saturated carbocycles. The van der Waals surface area contributed by atoms with Crippen molar-refractivity contribution < 1.29 is 22.5 Å². The second-order valence-electron chi connectivity index (χ2n) is 7.83. The molecule has 0 radical (unpaired) electrons. The van der Waals surface area contributed by atoms with Crippen molar-refractivity contribution in [3.63, 3.8) is 0 Å². The van der Waals surface area contributed by atoms with E-state index in [1.807, 2.05) is 13.0 Å². The van der Waals surface area contributed by atoms with Gasteiger partial charge in [0, 0.05) is 31.4 Å². The Hall–Kier alpha value is -4.05. The monoisotopic (exact) mass is 492 g/mol. The molecule has 10 heteroatoms. The number of pyridine rings is 1. The summed E-state index contributed by atoms with van der Waals surface area (Å²) in [6, 6.07) is 16.5. The summed E-state index contributed by atoms with van der Waals surface area (Å²) < 4.78 is 37.4. The van der Waals surface area contributed by atoms with E-state index in [2.05, 4.69) is 15.1 Å². The van der Waals surface area contributed by atoms with Crippen molar-refractivity contribution in [3.05, 3.63) is 90.1 Å². The van der Waals surface area contributed by atoms with Gasteiger partial charge in [-0.05, 0) is 61.9 Å². The minimum Gasteiger partial charge on any atom is -0.462 e. The SMILES string of the molecule is Cc1ccc(S(=O)(=O)N(C)c2ccc(C(=O)OCCCc3nc(-c4cccnc4)no3)cc2)cc1. The minimum atomic E-state index is -3.71. The van der Waals surface area contributed by atoms with Gasteiger partial charge in [0.15, 0.2) is 0 Å². The summed E-state index contributed by atoms with van der Waals surface area (Å²) in [6.07, 6.45) is 4.28. The molecular weight excluding hydrogens is 468 g/mol. The number of anilines is 1. The number of benzene rings is 2. The first-order chi connectivity index (χ1) is 16.8. The zero-order valence-corrected chi connectivity index (χ0v) is 20.1. The molecule has 0 aliphatic rings. The molecule has 4 aromatic rings. The smallest absolute Gasteiger partial charge is 0.338 e. The van der Waals surface area contributed by atoms with Gasteiger partial charge in [0.2, 0.25) is 11.7 Å². The Labute approximate surface area is 203 Å². The Bertz CT molecular complexity index is 1390. The van der Waals surface area contributed by atoms with E-state index >= 15 is 0 Å². The molecule has 9 nitrogen and oxygen atoms in total. The number of aromatic nitrogens is 3. The van der Waals surface area contributed by atoms with Crippen molar-refractivity contribution in [2.45, 2.75) is 24.7 Å². The molecule has 0 atom stereocenters. The molecule has 2 aromatic heterocycles. The molecule has 4 rings (SSSR count). The number of aryl methyl sites for hydroxylation is 2. The third kappa shape index (κ3) is 5.72. The van der Waals surface area contributed by atoms with E-state index in [4.69, 9.17) is 9.26 Å². The minimum absolute atomic E-state index is 0.174. The topological polar surface area (TPSA) is 115 Å². The molecule has 2 aromatic carbocycles. The third-order valence-electron chi connectivity index (χ3n) is 5.30. The van der Waals surface area contributed by atoms with Gasteiger partial charge in [-0.15, -0.1) is 0 Å². The molecule has 0 aliphatic carbocycles. The van der Waals surface area contributed by atoms with Crippen molar-refractivity contribution in [2.24, 2.45) is 0 Å². The fraction of sp³-hybridized carbons (Fsp3) is 0.200. The molecule has 0 bridgehead atoms. The number of sulfonamides is 1. The standard InChI is InChI=1S/C25H24N4O5S/c1-18-7-13-22(14-8-18)35(31,32)29(2)21-11-9-19(10-12-21)25(30)33-16-4-6-23-27-24(28-34-23)20-5-3-15-26-17-20/h3,5,7-15,17H,4,6,16H2,1-2H3. The molecule has 180 valence electrons. The highest BCUT2D eigenvalue weighted by Crippen LogP contribution is 2.23.